The highest BCUT2D eigenvalue weighted by atomic mass is 35.5. The van der Waals surface area contributed by atoms with Crippen LogP contribution in [0.5, 0.6) is 0 Å². The maximum absolute atomic E-state index is 8.87. The van der Waals surface area contributed by atoms with Gasteiger partial charge in [-0.25, -0.2) is 0 Å². The van der Waals surface area contributed by atoms with Crippen molar-refractivity contribution >= 4 is 23.1 Å². The molecule has 1 aromatic carbocycles. The third-order valence-electron chi connectivity index (χ3n) is 3.88. The molecule has 0 unspecified atom stereocenters. The maximum atomic E-state index is 8.87. The number of amidine groups is 1. The molecule has 1 saturated heterocycles. The summed E-state index contributed by atoms with van der Waals surface area (Å²) in [6, 6.07) is 5.46. The molecule has 5 heteroatoms. The number of hydrogen-bond donors (Lipinski definition) is 2. The van der Waals surface area contributed by atoms with Gasteiger partial charge in [-0.3, -0.25) is 0 Å². The molecular formula is C14H20ClN3O. The molecule has 0 atom stereocenters. The highest BCUT2D eigenvalue weighted by Crippen LogP contribution is 2.29. The lowest BCUT2D eigenvalue weighted by Gasteiger charge is -2.34. The van der Waals surface area contributed by atoms with E-state index in [9.17, 15) is 0 Å². The Morgan fingerprint density at radius 3 is 2.74 bits per heavy atom. The molecule has 0 bridgehead atoms. The van der Waals surface area contributed by atoms with Crippen molar-refractivity contribution in [2.24, 2.45) is 16.8 Å². The normalized spacial score (nSPS) is 17.8. The summed E-state index contributed by atoms with van der Waals surface area (Å²) in [5.41, 5.74) is 7.43. The van der Waals surface area contributed by atoms with E-state index < -0.39 is 0 Å². The van der Waals surface area contributed by atoms with Crippen LogP contribution in [0.15, 0.2) is 23.4 Å². The average Bonchev–Trinajstić information content (AvgIpc) is 2.46. The lowest BCUT2D eigenvalue weighted by molar-refractivity contribution is 0.318. The van der Waals surface area contributed by atoms with E-state index in [1.54, 1.807) is 12.1 Å². The molecular weight excluding hydrogens is 262 g/mol. The van der Waals surface area contributed by atoms with Crippen molar-refractivity contribution in [1.29, 1.82) is 0 Å². The van der Waals surface area contributed by atoms with Crippen LogP contribution in [0.3, 0.4) is 0 Å². The van der Waals surface area contributed by atoms with Crippen LogP contribution >= 0.6 is 11.6 Å². The molecule has 2 rings (SSSR count). The lowest BCUT2D eigenvalue weighted by atomic mass is 9.93. The molecule has 1 heterocycles. The third-order valence-corrected chi connectivity index (χ3v) is 4.11. The Labute approximate surface area is 118 Å². The summed E-state index contributed by atoms with van der Waals surface area (Å²) < 4.78 is 0. The van der Waals surface area contributed by atoms with Crippen molar-refractivity contribution in [3.05, 3.63) is 28.8 Å². The average molecular weight is 282 g/mol. The quantitative estimate of drug-likeness (QED) is 0.387. The second-order valence-corrected chi connectivity index (χ2v) is 5.42. The summed E-state index contributed by atoms with van der Waals surface area (Å²) in [5.74, 6) is 0.937. The molecule has 0 spiro atoms. The van der Waals surface area contributed by atoms with E-state index in [1.165, 1.54) is 19.3 Å². The predicted molar refractivity (Wildman–Crippen MR) is 79.2 cm³/mol. The molecule has 1 fully saturated rings. The SMILES string of the molecule is CCC1CCN(c2cc(Cl)ccc2C(N)=NO)CC1. The summed E-state index contributed by atoms with van der Waals surface area (Å²) in [4.78, 5) is 2.27. The van der Waals surface area contributed by atoms with Gasteiger partial charge in [-0.05, 0) is 37.0 Å². The predicted octanol–water partition coefficient (Wildman–Crippen LogP) is 3.06. The number of anilines is 1. The Bertz CT molecular complexity index is 468. The molecule has 0 saturated carbocycles. The number of hydrogen-bond acceptors (Lipinski definition) is 3. The van der Waals surface area contributed by atoms with Crippen molar-refractivity contribution in [2.75, 3.05) is 18.0 Å². The molecule has 0 aliphatic carbocycles. The number of halogens is 1. The fourth-order valence-corrected chi connectivity index (χ4v) is 2.79. The Balaban J connectivity index is 2.26. The molecule has 0 radical (unpaired) electrons. The van der Waals surface area contributed by atoms with Gasteiger partial charge < -0.3 is 15.8 Å². The maximum Gasteiger partial charge on any atom is 0.172 e. The Kier molecular flexibility index (Phi) is 4.53. The van der Waals surface area contributed by atoms with Crippen LogP contribution in [-0.2, 0) is 0 Å². The summed E-state index contributed by atoms with van der Waals surface area (Å²) in [5, 5.41) is 12.6. The second kappa shape index (κ2) is 6.15. The first-order chi connectivity index (χ1) is 9.15. The van der Waals surface area contributed by atoms with Crippen molar-refractivity contribution < 1.29 is 5.21 Å². The molecule has 1 aromatic rings. The Morgan fingerprint density at radius 2 is 2.16 bits per heavy atom. The first kappa shape index (κ1) is 14.0. The topological polar surface area (TPSA) is 61.8 Å². The molecule has 3 N–H and O–H groups in total. The van der Waals surface area contributed by atoms with E-state index in [2.05, 4.69) is 17.0 Å². The third kappa shape index (κ3) is 3.13. The van der Waals surface area contributed by atoms with Gasteiger partial charge in [0.15, 0.2) is 5.84 Å². The molecule has 4 nitrogen and oxygen atoms in total. The van der Waals surface area contributed by atoms with E-state index >= 15 is 0 Å². The van der Waals surface area contributed by atoms with Crippen LogP contribution in [-0.4, -0.2) is 24.1 Å². The number of rotatable bonds is 3. The number of benzene rings is 1. The second-order valence-electron chi connectivity index (χ2n) is 4.99. The lowest BCUT2D eigenvalue weighted by Crippen LogP contribution is -2.35. The van der Waals surface area contributed by atoms with Crippen LogP contribution < -0.4 is 10.6 Å². The van der Waals surface area contributed by atoms with Crippen LogP contribution in [0.4, 0.5) is 5.69 Å². The molecule has 0 aromatic heterocycles. The van der Waals surface area contributed by atoms with Gasteiger partial charge in [0, 0.05) is 29.4 Å². The first-order valence-electron chi connectivity index (χ1n) is 6.68. The highest BCUT2D eigenvalue weighted by molar-refractivity contribution is 6.31. The van der Waals surface area contributed by atoms with Gasteiger partial charge in [-0.2, -0.15) is 0 Å². The van der Waals surface area contributed by atoms with E-state index in [0.29, 0.717) is 5.02 Å². The zero-order valence-corrected chi connectivity index (χ0v) is 11.9. The fourth-order valence-electron chi connectivity index (χ4n) is 2.62. The van der Waals surface area contributed by atoms with E-state index in [0.717, 1.165) is 30.3 Å². The summed E-state index contributed by atoms with van der Waals surface area (Å²) in [6.07, 6.45) is 3.59. The zero-order valence-electron chi connectivity index (χ0n) is 11.1. The highest BCUT2D eigenvalue weighted by Gasteiger charge is 2.21. The van der Waals surface area contributed by atoms with Crippen molar-refractivity contribution in [1.82, 2.24) is 0 Å². The van der Waals surface area contributed by atoms with Crippen LogP contribution in [0.1, 0.15) is 31.7 Å². The van der Waals surface area contributed by atoms with E-state index in [-0.39, 0.29) is 5.84 Å². The van der Waals surface area contributed by atoms with Gasteiger partial charge in [0.25, 0.3) is 0 Å². The Morgan fingerprint density at radius 1 is 1.47 bits per heavy atom. The fraction of sp³-hybridized carbons (Fsp3) is 0.500. The van der Waals surface area contributed by atoms with Crippen molar-refractivity contribution in [3.8, 4) is 0 Å². The molecule has 1 aliphatic rings. The van der Waals surface area contributed by atoms with Crippen molar-refractivity contribution in [3.63, 3.8) is 0 Å². The van der Waals surface area contributed by atoms with Crippen LogP contribution in [0.25, 0.3) is 0 Å². The smallest absolute Gasteiger partial charge is 0.172 e. The zero-order chi connectivity index (χ0) is 13.8. The monoisotopic (exact) mass is 281 g/mol. The van der Waals surface area contributed by atoms with E-state index in [1.807, 2.05) is 6.07 Å². The minimum atomic E-state index is 0.129. The van der Waals surface area contributed by atoms with Crippen LogP contribution in [0, 0.1) is 5.92 Å². The van der Waals surface area contributed by atoms with Crippen LogP contribution in [0.2, 0.25) is 5.02 Å². The summed E-state index contributed by atoms with van der Waals surface area (Å²) in [7, 11) is 0. The van der Waals surface area contributed by atoms with Gasteiger partial charge in [-0.15, -0.1) is 0 Å². The minimum Gasteiger partial charge on any atom is -0.409 e. The number of oxime groups is 1. The van der Waals surface area contributed by atoms with Gasteiger partial charge in [0.05, 0.1) is 0 Å². The largest absolute Gasteiger partial charge is 0.409 e. The van der Waals surface area contributed by atoms with Gasteiger partial charge in [0.2, 0.25) is 0 Å². The van der Waals surface area contributed by atoms with E-state index in [4.69, 9.17) is 22.5 Å². The molecule has 104 valence electrons. The summed E-state index contributed by atoms with van der Waals surface area (Å²) >= 11 is 6.07. The Hall–Kier alpha value is -1.42. The molecule has 19 heavy (non-hydrogen) atoms. The van der Waals surface area contributed by atoms with Gasteiger partial charge in [-0.1, -0.05) is 30.1 Å². The number of nitrogens with zero attached hydrogens (tertiary/aromatic N) is 2. The van der Waals surface area contributed by atoms with Gasteiger partial charge in [0.1, 0.15) is 0 Å². The van der Waals surface area contributed by atoms with Crippen molar-refractivity contribution in [2.45, 2.75) is 26.2 Å². The van der Waals surface area contributed by atoms with Gasteiger partial charge >= 0.3 is 0 Å². The molecule has 1 aliphatic heterocycles. The number of nitrogens with two attached hydrogens (primary N) is 1. The minimum absolute atomic E-state index is 0.129. The summed E-state index contributed by atoms with van der Waals surface area (Å²) in [6.45, 7) is 4.22. The standard InChI is InChI=1S/C14H20ClN3O/c1-2-10-5-7-18(8-6-10)13-9-11(15)3-4-12(13)14(16)17-19/h3-4,9-10,19H,2,5-8H2,1H3,(H2,16,17). The number of piperidine rings is 1. The molecule has 0 amide bonds. The first-order valence-corrected chi connectivity index (χ1v) is 7.06.